The highest BCUT2D eigenvalue weighted by molar-refractivity contribution is 8.26. The van der Waals surface area contributed by atoms with Gasteiger partial charge in [0.2, 0.25) is 0 Å². The SMILES string of the molecule is O=C(O)[C@H](Cc1ccccc1)N1C(=O)/C(=C/c2ccccc2F)SC1=S. The molecule has 0 unspecified atom stereocenters. The Hall–Kier alpha value is -2.51. The van der Waals surface area contributed by atoms with Crippen molar-refractivity contribution in [2.45, 2.75) is 12.5 Å². The third-order valence-corrected chi connectivity index (χ3v) is 5.21. The first kappa shape index (κ1) is 18.3. The third-order valence-electron chi connectivity index (χ3n) is 3.88. The average Bonchev–Trinajstić information content (AvgIpc) is 2.89. The number of aliphatic carboxylic acids is 1. The topological polar surface area (TPSA) is 57.6 Å². The molecule has 1 saturated heterocycles. The molecule has 0 saturated carbocycles. The van der Waals surface area contributed by atoms with Gasteiger partial charge in [0.05, 0.1) is 4.91 Å². The van der Waals surface area contributed by atoms with Crippen LogP contribution in [0.25, 0.3) is 6.08 Å². The number of halogens is 1. The van der Waals surface area contributed by atoms with Crippen molar-refractivity contribution in [1.29, 1.82) is 0 Å². The molecule has 0 bridgehead atoms. The smallest absolute Gasteiger partial charge is 0.327 e. The van der Waals surface area contributed by atoms with E-state index in [1.54, 1.807) is 42.5 Å². The third kappa shape index (κ3) is 3.84. The Morgan fingerprint density at radius 1 is 1.19 bits per heavy atom. The Balaban J connectivity index is 1.89. The molecule has 7 heteroatoms. The number of rotatable bonds is 5. The molecule has 2 aromatic rings. The summed E-state index contributed by atoms with van der Waals surface area (Å²) < 4.78 is 14.0. The molecular weight excluding hydrogens is 373 g/mol. The highest BCUT2D eigenvalue weighted by Crippen LogP contribution is 2.35. The number of carbonyl (C=O) groups excluding carboxylic acids is 1. The van der Waals surface area contributed by atoms with Gasteiger partial charge >= 0.3 is 5.97 Å². The van der Waals surface area contributed by atoms with Crippen LogP contribution in [0.1, 0.15) is 11.1 Å². The maximum Gasteiger partial charge on any atom is 0.327 e. The fourth-order valence-corrected chi connectivity index (χ4v) is 3.96. The van der Waals surface area contributed by atoms with Crippen molar-refractivity contribution in [3.8, 4) is 0 Å². The van der Waals surface area contributed by atoms with Crippen molar-refractivity contribution >= 4 is 46.3 Å². The molecule has 1 N–H and O–H groups in total. The molecule has 1 amide bonds. The fraction of sp³-hybridized carbons (Fsp3) is 0.105. The zero-order chi connectivity index (χ0) is 18.7. The summed E-state index contributed by atoms with van der Waals surface area (Å²) in [6.45, 7) is 0. The van der Waals surface area contributed by atoms with Crippen LogP contribution >= 0.6 is 24.0 Å². The number of amides is 1. The monoisotopic (exact) mass is 387 g/mol. The van der Waals surface area contributed by atoms with E-state index in [9.17, 15) is 19.1 Å². The number of thiocarbonyl (C=S) groups is 1. The van der Waals surface area contributed by atoms with Gasteiger partial charge in [0.15, 0.2) is 0 Å². The molecular formula is C19H14FNO3S2. The van der Waals surface area contributed by atoms with Crippen LogP contribution in [0.15, 0.2) is 59.5 Å². The first-order valence-electron chi connectivity index (χ1n) is 7.75. The molecule has 132 valence electrons. The van der Waals surface area contributed by atoms with Gasteiger partial charge in [-0.25, -0.2) is 9.18 Å². The molecule has 0 spiro atoms. The van der Waals surface area contributed by atoms with Crippen LogP contribution < -0.4 is 0 Å². The van der Waals surface area contributed by atoms with Crippen molar-refractivity contribution in [1.82, 2.24) is 4.90 Å². The van der Waals surface area contributed by atoms with E-state index >= 15 is 0 Å². The van der Waals surface area contributed by atoms with Crippen molar-refractivity contribution in [2.75, 3.05) is 0 Å². The molecule has 0 aromatic heterocycles. The van der Waals surface area contributed by atoms with Crippen LogP contribution in [0.3, 0.4) is 0 Å². The number of hydrogen-bond acceptors (Lipinski definition) is 4. The number of benzene rings is 2. The van der Waals surface area contributed by atoms with E-state index in [1.807, 2.05) is 6.07 Å². The Bertz CT molecular complexity index is 899. The zero-order valence-corrected chi connectivity index (χ0v) is 15.1. The standard InChI is InChI=1S/C19H14FNO3S2/c20-14-9-5-4-8-13(14)11-16-17(22)21(19(25)26-16)15(18(23)24)10-12-6-2-1-3-7-12/h1-9,11,15H,10H2,(H,23,24)/b16-11-/t15-/m0/s1. The Kier molecular flexibility index (Phi) is 5.49. The molecule has 4 nitrogen and oxygen atoms in total. The number of thioether (sulfide) groups is 1. The van der Waals surface area contributed by atoms with Gasteiger partial charge in [0, 0.05) is 12.0 Å². The van der Waals surface area contributed by atoms with E-state index in [2.05, 4.69) is 0 Å². The fourth-order valence-electron chi connectivity index (χ4n) is 2.61. The predicted molar refractivity (Wildman–Crippen MR) is 103 cm³/mol. The second-order valence-corrected chi connectivity index (χ2v) is 7.29. The van der Waals surface area contributed by atoms with E-state index < -0.39 is 23.7 Å². The minimum absolute atomic E-state index is 0.135. The molecule has 26 heavy (non-hydrogen) atoms. The molecule has 2 aromatic carbocycles. The Labute approximate surface area is 159 Å². The number of carbonyl (C=O) groups is 2. The van der Waals surface area contributed by atoms with Gasteiger partial charge in [-0.3, -0.25) is 9.69 Å². The Morgan fingerprint density at radius 3 is 2.50 bits per heavy atom. The molecule has 0 radical (unpaired) electrons. The van der Waals surface area contributed by atoms with E-state index in [-0.39, 0.29) is 21.2 Å². The van der Waals surface area contributed by atoms with Crippen molar-refractivity contribution < 1.29 is 19.1 Å². The van der Waals surface area contributed by atoms with Gasteiger partial charge in [0.25, 0.3) is 5.91 Å². The van der Waals surface area contributed by atoms with Crippen molar-refractivity contribution in [3.63, 3.8) is 0 Å². The summed E-state index contributed by atoms with van der Waals surface area (Å²) in [7, 11) is 0. The number of carboxylic acid groups (broad SMARTS) is 1. The van der Waals surface area contributed by atoms with E-state index in [0.717, 1.165) is 22.2 Å². The summed E-state index contributed by atoms with van der Waals surface area (Å²) in [6, 6.07) is 14.0. The number of nitrogens with zero attached hydrogens (tertiary/aromatic N) is 1. The lowest BCUT2D eigenvalue weighted by molar-refractivity contribution is -0.145. The molecule has 1 atom stereocenters. The molecule has 0 aliphatic carbocycles. The predicted octanol–water partition coefficient (Wildman–Crippen LogP) is 3.72. The first-order chi connectivity index (χ1) is 12.5. The van der Waals surface area contributed by atoms with Crippen LogP contribution in [0.4, 0.5) is 4.39 Å². The summed E-state index contributed by atoms with van der Waals surface area (Å²) in [5.41, 5.74) is 1.04. The van der Waals surface area contributed by atoms with E-state index in [0.29, 0.717) is 0 Å². The van der Waals surface area contributed by atoms with Gasteiger partial charge in [-0.05, 0) is 17.7 Å². The zero-order valence-electron chi connectivity index (χ0n) is 13.5. The highest BCUT2D eigenvalue weighted by atomic mass is 32.2. The summed E-state index contributed by atoms with van der Waals surface area (Å²) in [5.74, 6) is -2.12. The van der Waals surface area contributed by atoms with Crippen molar-refractivity contribution in [2.24, 2.45) is 0 Å². The lowest BCUT2D eigenvalue weighted by Crippen LogP contribution is -2.45. The van der Waals surface area contributed by atoms with Gasteiger partial charge < -0.3 is 5.11 Å². The van der Waals surface area contributed by atoms with E-state index in [4.69, 9.17) is 12.2 Å². The highest BCUT2D eigenvalue weighted by Gasteiger charge is 2.40. The Morgan fingerprint density at radius 2 is 1.85 bits per heavy atom. The minimum atomic E-state index is -1.14. The van der Waals surface area contributed by atoms with Gasteiger partial charge in [0.1, 0.15) is 16.2 Å². The van der Waals surface area contributed by atoms with Gasteiger partial charge in [-0.15, -0.1) is 0 Å². The summed E-state index contributed by atoms with van der Waals surface area (Å²) >= 11 is 6.21. The second-order valence-electron chi connectivity index (χ2n) is 5.62. The van der Waals surface area contributed by atoms with Crippen LogP contribution in [-0.2, 0) is 16.0 Å². The molecule has 3 rings (SSSR count). The van der Waals surface area contributed by atoms with Crippen molar-refractivity contribution in [3.05, 3.63) is 76.4 Å². The number of carboxylic acids is 1. The van der Waals surface area contributed by atoms with Crippen LogP contribution in [0.2, 0.25) is 0 Å². The summed E-state index contributed by atoms with van der Waals surface area (Å²) in [5, 5.41) is 9.61. The van der Waals surface area contributed by atoms with Crippen LogP contribution in [0.5, 0.6) is 0 Å². The lowest BCUT2D eigenvalue weighted by atomic mass is 10.0. The van der Waals surface area contributed by atoms with Gasteiger partial charge in [-0.2, -0.15) is 0 Å². The summed E-state index contributed by atoms with van der Waals surface area (Å²) in [4.78, 5) is 25.8. The van der Waals surface area contributed by atoms with Crippen LogP contribution in [-0.4, -0.2) is 32.2 Å². The van der Waals surface area contributed by atoms with Gasteiger partial charge in [-0.1, -0.05) is 72.5 Å². The lowest BCUT2D eigenvalue weighted by Gasteiger charge is -2.23. The molecule has 1 fully saturated rings. The maximum absolute atomic E-state index is 13.8. The summed E-state index contributed by atoms with van der Waals surface area (Å²) in [6.07, 6.45) is 1.53. The molecule has 1 aliphatic rings. The first-order valence-corrected chi connectivity index (χ1v) is 8.98. The second kappa shape index (κ2) is 7.80. The van der Waals surface area contributed by atoms with E-state index in [1.165, 1.54) is 12.1 Å². The molecule has 1 aliphatic heterocycles. The molecule has 1 heterocycles. The quantitative estimate of drug-likeness (QED) is 0.626. The normalized spacial score (nSPS) is 17.0. The largest absolute Gasteiger partial charge is 0.480 e. The number of hydrogen-bond donors (Lipinski definition) is 1. The van der Waals surface area contributed by atoms with Crippen LogP contribution in [0, 0.1) is 5.82 Å². The minimum Gasteiger partial charge on any atom is -0.480 e. The maximum atomic E-state index is 13.8. The average molecular weight is 387 g/mol.